The van der Waals surface area contributed by atoms with Gasteiger partial charge in [0.25, 0.3) is 0 Å². The van der Waals surface area contributed by atoms with Gasteiger partial charge in [0.05, 0.1) is 19.1 Å². The summed E-state index contributed by atoms with van der Waals surface area (Å²) >= 11 is 5.95. The first kappa shape index (κ1) is 30.4. The van der Waals surface area contributed by atoms with Crippen molar-refractivity contribution >= 4 is 39.1 Å². The molecule has 1 atom stereocenters. The van der Waals surface area contributed by atoms with E-state index in [9.17, 15) is 18.0 Å². The zero-order valence-corrected chi connectivity index (χ0v) is 23.6. The van der Waals surface area contributed by atoms with Crippen LogP contribution in [0.2, 0.25) is 5.02 Å². The van der Waals surface area contributed by atoms with Crippen LogP contribution in [0.25, 0.3) is 0 Å². The summed E-state index contributed by atoms with van der Waals surface area (Å²) in [5.74, 6) is 0.257. The molecule has 0 fully saturated rings. The molecule has 2 rings (SSSR count). The molecular weight excluding hydrogens is 514 g/mol. The number of ether oxygens (including phenoxy) is 1. The van der Waals surface area contributed by atoms with Gasteiger partial charge in [-0.05, 0) is 61.2 Å². The smallest absolute Gasteiger partial charge is 0.242 e. The molecule has 0 aliphatic rings. The van der Waals surface area contributed by atoms with Crippen molar-refractivity contribution in [2.45, 2.75) is 58.5 Å². The van der Waals surface area contributed by atoms with E-state index in [-0.39, 0.29) is 37.7 Å². The number of carbonyl (C=O) groups is 2. The van der Waals surface area contributed by atoms with Crippen LogP contribution in [-0.2, 0) is 26.2 Å². The van der Waals surface area contributed by atoms with Crippen molar-refractivity contribution in [2.75, 3.05) is 30.8 Å². The highest BCUT2D eigenvalue weighted by Crippen LogP contribution is 2.22. The van der Waals surface area contributed by atoms with Crippen LogP contribution in [-0.4, -0.2) is 57.6 Å². The molecule has 2 aromatic rings. The average Bonchev–Trinajstić information content (AvgIpc) is 2.86. The molecule has 1 unspecified atom stereocenters. The molecule has 8 nitrogen and oxygen atoms in total. The number of nitrogens with one attached hydrogen (secondary N) is 1. The summed E-state index contributed by atoms with van der Waals surface area (Å²) in [6.07, 6.45) is 3.77. The van der Waals surface area contributed by atoms with Gasteiger partial charge in [0.15, 0.2) is 0 Å². The minimum absolute atomic E-state index is 0.0856. The highest BCUT2D eigenvalue weighted by atomic mass is 35.5. The van der Waals surface area contributed by atoms with Crippen molar-refractivity contribution in [3.05, 3.63) is 59.1 Å². The molecule has 0 saturated heterocycles. The second-order valence-corrected chi connectivity index (χ2v) is 11.2. The minimum Gasteiger partial charge on any atom is -0.497 e. The van der Waals surface area contributed by atoms with E-state index in [1.54, 1.807) is 36.3 Å². The molecule has 0 saturated carbocycles. The molecule has 1 N–H and O–H groups in total. The van der Waals surface area contributed by atoms with E-state index < -0.39 is 16.1 Å². The average molecular weight is 552 g/mol. The Kier molecular flexibility index (Phi) is 12.2. The Morgan fingerprint density at radius 2 is 1.78 bits per heavy atom. The molecule has 0 bridgehead atoms. The Labute approximate surface area is 226 Å². The number of nitrogens with zero attached hydrogens (tertiary/aromatic N) is 2. The summed E-state index contributed by atoms with van der Waals surface area (Å²) in [5.41, 5.74) is 1.32. The van der Waals surface area contributed by atoms with Gasteiger partial charge >= 0.3 is 0 Å². The quantitative estimate of drug-likeness (QED) is 0.326. The molecule has 0 radical (unpaired) electrons. The number of amides is 2. The standard InChI is InChI=1S/C27H38ClN3O5S/c1-5-7-17-29-27(33)25(6-2)30(20-21-10-8-11-24(19-21)36-3)26(32)12-9-18-31(37(4,34)35)23-15-13-22(28)14-16-23/h8,10-11,13-16,19,25H,5-7,9,12,17-18,20H2,1-4H3,(H,29,33). The highest BCUT2D eigenvalue weighted by molar-refractivity contribution is 7.92. The van der Waals surface area contributed by atoms with Crippen LogP contribution in [0, 0.1) is 0 Å². The van der Waals surface area contributed by atoms with Crippen LogP contribution in [0.5, 0.6) is 5.75 Å². The molecule has 37 heavy (non-hydrogen) atoms. The molecule has 10 heteroatoms. The Balaban J connectivity index is 2.21. The first-order valence-corrected chi connectivity index (χ1v) is 14.8. The van der Waals surface area contributed by atoms with Crippen molar-refractivity contribution in [1.29, 1.82) is 0 Å². The lowest BCUT2D eigenvalue weighted by molar-refractivity contribution is -0.141. The highest BCUT2D eigenvalue weighted by Gasteiger charge is 2.28. The predicted octanol–water partition coefficient (Wildman–Crippen LogP) is 4.62. The molecule has 0 aromatic heterocycles. The van der Waals surface area contributed by atoms with Crippen LogP contribution in [0.4, 0.5) is 5.69 Å². The van der Waals surface area contributed by atoms with Crippen LogP contribution in [0.15, 0.2) is 48.5 Å². The normalized spacial score (nSPS) is 12.0. The fourth-order valence-corrected chi connectivity index (χ4v) is 5.10. The molecular formula is C27H38ClN3O5S. The largest absolute Gasteiger partial charge is 0.497 e. The second kappa shape index (κ2) is 14.8. The topological polar surface area (TPSA) is 96.0 Å². The number of sulfonamides is 1. The van der Waals surface area contributed by atoms with Crippen LogP contribution in [0.3, 0.4) is 0 Å². The number of hydrogen-bond donors (Lipinski definition) is 1. The van der Waals surface area contributed by atoms with E-state index >= 15 is 0 Å². The van der Waals surface area contributed by atoms with Gasteiger partial charge in [-0.2, -0.15) is 0 Å². The molecule has 0 aliphatic heterocycles. The number of benzene rings is 2. The van der Waals surface area contributed by atoms with Gasteiger partial charge in [-0.25, -0.2) is 8.42 Å². The minimum atomic E-state index is -3.57. The van der Waals surface area contributed by atoms with Gasteiger partial charge in [-0.1, -0.05) is 44.0 Å². The SMILES string of the molecule is CCCCNC(=O)C(CC)N(Cc1cccc(OC)c1)C(=O)CCCN(c1ccc(Cl)cc1)S(C)(=O)=O. The Bertz CT molecular complexity index is 1130. The van der Waals surface area contributed by atoms with Crippen LogP contribution < -0.4 is 14.4 Å². The second-order valence-electron chi connectivity index (χ2n) is 8.86. The van der Waals surface area contributed by atoms with Crippen LogP contribution in [0.1, 0.15) is 51.5 Å². The van der Waals surface area contributed by atoms with Crippen molar-refractivity contribution < 1.29 is 22.7 Å². The number of hydrogen-bond acceptors (Lipinski definition) is 5. The lowest BCUT2D eigenvalue weighted by Crippen LogP contribution is -2.49. The lowest BCUT2D eigenvalue weighted by Gasteiger charge is -2.31. The molecule has 0 heterocycles. The van der Waals surface area contributed by atoms with E-state index in [0.717, 1.165) is 24.7 Å². The van der Waals surface area contributed by atoms with E-state index in [2.05, 4.69) is 5.32 Å². The van der Waals surface area contributed by atoms with Gasteiger partial charge in [-0.15, -0.1) is 0 Å². The summed E-state index contributed by atoms with van der Waals surface area (Å²) in [5, 5.41) is 3.45. The van der Waals surface area contributed by atoms with E-state index in [1.165, 1.54) is 4.31 Å². The number of unbranched alkanes of at least 4 members (excludes halogenated alkanes) is 1. The van der Waals surface area contributed by atoms with Crippen molar-refractivity contribution in [3.63, 3.8) is 0 Å². The van der Waals surface area contributed by atoms with Gasteiger partial charge in [-0.3, -0.25) is 13.9 Å². The zero-order valence-electron chi connectivity index (χ0n) is 22.1. The fraction of sp³-hybridized carbons (Fsp3) is 0.481. The first-order valence-electron chi connectivity index (χ1n) is 12.5. The number of anilines is 1. The van der Waals surface area contributed by atoms with E-state index in [4.69, 9.17) is 16.3 Å². The van der Waals surface area contributed by atoms with Crippen molar-refractivity contribution in [3.8, 4) is 5.75 Å². The zero-order chi connectivity index (χ0) is 27.4. The van der Waals surface area contributed by atoms with Gasteiger partial charge in [0.1, 0.15) is 11.8 Å². The summed E-state index contributed by atoms with van der Waals surface area (Å²) in [7, 11) is -1.99. The Morgan fingerprint density at radius 1 is 1.08 bits per heavy atom. The van der Waals surface area contributed by atoms with Crippen molar-refractivity contribution in [1.82, 2.24) is 10.2 Å². The molecule has 0 spiro atoms. The summed E-state index contributed by atoms with van der Waals surface area (Å²) < 4.78 is 31.4. The number of methoxy groups -OCH3 is 1. The third kappa shape index (κ3) is 9.55. The summed E-state index contributed by atoms with van der Waals surface area (Å²) in [6, 6.07) is 13.3. The first-order chi connectivity index (χ1) is 17.6. The molecule has 2 aromatic carbocycles. The molecule has 0 aliphatic carbocycles. The maximum atomic E-state index is 13.5. The number of rotatable bonds is 15. The Morgan fingerprint density at radius 3 is 2.38 bits per heavy atom. The van der Waals surface area contributed by atoms with Gasteiger partial charge in [0.2, 0.25) is 21.8 Å². The monoisotopic (exact) mass is 551 g/mol. The van der Waals surface area contributed by atoms with E-state index in [1.807, 2.05) is 38.1 Å². The van der Waals surface area contributed by atoms with E-state index in [0.29, 0.717) is 29.4 Å². The third-order valence-electron chi connectivity index (χ3n) is 5.97. The molecule has 2 amide bonds. The number of carbonyl (C=O) groups excluding carboxylic acids is 2. The number of halogens is 1. The lowest BCUT2D eigenvalue weighted by atomic mass is 10.1. The van der Waals surface area contributed by atoms with Gasteiger partial charge in [0, 0.05) is 31.1 Å². The maximum absolute atomic E-state index is 13.5. The molecule has 204 valence electrons. The van der Waals surface area contributed by atoms with Crippen LogP contribution >= 0.6 is 11.6 Å². The summed E-state index contributed by atoms with van der Waals surface area (Å²) in [6.45, 7) is 4.84. The van der Waals surface area contributed by atoms with Gasteiger partial charge < -0.3 is 15.0 Å². The third-order valence-corrected chi connectivity index (χ3v) is 7.42. The fourth-order valence-electron chi connectivity index (χ4n) is 4.00. The Hall–Kier alpha value is -2.78. The summed E-state index contributed by atoms with van der Waals surface area (Å²) in [4.78, 5) is 28.1. The predicted molar refractivity (Wildman–Crippen MR) is 148 cm³/mol. The van der Waals surface area contributed by atoms with Crippen molar-refractivity contribution in [2.24, 2.45) is 0 Å². The maximum Gasteiger partial charge on any atom is 0.242 e.